The van der Waals surface area contributed by atoms with Gasteiger partial charge in [-0.25, -0.2) is 15.0 Å². The number of hydrogen-bond donors (Lipinski definition) is 0. The second-order valence-electron chi connectivity index (χ2n) is 1.92. The van der Waals surface area contributed by atoms with Gasteiger partial charge in [0.2, 0.25) is 0 Å². The molecule has 0 aliphatic heterocycles. The predicted molar refractivity (Wildman–Crippen MR) is 36.4 cm³/mol. The Balaban J connectivity index is 2.46. The van der Waals surface area contributed by atoms with Crippen molar-refractivity contribution >= 4 is 0 Å². The number of aromatic nitrogens is 3. The zero-order chi connectivity index (χ0) is 7.52. The monoisotopic (exact) mass is 146 g/mol. The van der Waals surface area contributed by atoms with Gasteiger partial charge in [-0.3, -0.25) is 0 Å². The Morgan fingerprint density at radius 1 is 1.36 bits per heavy atom. The van der Waals surface area contributed by atoms with Crippen molar-refractivity contribution < 1.29 is 4.42 Å². The Morgan fingerprint density at radius 2 is 2.36 bits per heavy atom. The maximum atomic E-state index is 4.78. The normalized spacial score (nSPS) is 9.82. The molecule has 0 amide bonds. The Morgan fingerprint density at radius 3 is 3.00 bits per heavy atom. The van der Waals surface area contributed by atoms with Gasteiger partial charge in [0.15, 0.2) is 12.7 Å². The number of hydrogen-bond acceptors (Lipinski definition) is 4. The van der Waals surface area contributed by atoms with Crippen molar-refractivity contribution in [1.82, 2.24) is 15.0 Å². The molecule has 2 aromatic rings. The molecular weight excluding hydrogens is 142 g/mol. The molecule has 0 aromatic carbocycles. The van der Waals surface area contributed by atoms with E-state index in [1.165, 1.54) is 12.7 Å². The van der Waals surface area contributed by atoms with Crippen molar-refractivity contribution in [2.75, 3.05) is 0 Å². The highest BCUT2D eigenvalue weighted by molar-refractivity contribution is 5.50. The van der Waals surface area contributed by atoms with Crippen molar-refractivity contribution in [2.24, 2.45) is 0 Å². The van der Waals surface area contributed by atoms with Crippen LogP contribution in [-0.4, -0.2) is 15.0 Å². The average molecular weight is 146 g/mol. The minimum absolute atomic E-state index is 0.698. The highest BCUT2D eigenvalue weighted by atomic mass is 16.3. The first-order valence-corrected chi connectivity index (χ1v) is 3.04. The van der Waals surface area contributed by atoms with Crippen LogP contribution in [0.3, 0.4) is 0 Å². The van der Waals surface area contributed by atoms with E-state index < -0.39 is 0 Å². The van der Waals surface area contributed by atoms with Gasteiger partial charge in [-0.1, -0.05) is 0 Å². The molecule has 53 valence electrons. The third-order valence-corrected chi connectivity index (χ3v) is 1.23. The van der Waals surface area contributed by atoms with Crippen molar-refractivity contribution in [2.45, 2.75) is 0 Å². The van der Waals surface area contributed by atoms with E-state index in [4.69, 9.17) is 4.42 Å². The number of rotatable bonds is 1. The van der Waals surface area contributed by atoms with Gasteiger partial charge in [-0.05, 0) is 6.07 Å². The molecule has 0 saturated carbocycles. The Labute approximate surface area is 62.9 Å². The quantitative estimate of drug-likeness (QED) is 0.600. The third kappa shape index (κ3) is 1.10. The highest BCUT2D eigenvalue weighted by Gasteiger charge is 1.99. The van der Waals surface area contributed by atoms with Crippen molar-refractivity contribution in [1.29, 1.82) is 0 Å². The topological polar surface area (TPSA) is 51.8 Å². The third-order valence-electron chi connectivity index (χ3n) is 1.23. The molecule has 0 atom stereocenters. The second kappa shape index (κ2) is 2.49. The van der Waals surface area contributed by atoms with E-state index in [2.05, 4.69) is 21.3 Å². The zero-order valence-corrected chi connectivity index (χ0v) is 5.56. The Hall–Kier alpha value is -1.71. The van der Waals surface area contributed by atoms with E-state index in [9.17, 15) is 0 Å². The first-order valence-electron chi connectivity index (χ1n) is 3.04. The summed E-state index contributed by atoms with van der Waals surface area (Å²) in [4.78, 5) is 11.4. The maximum Gasteiger partial charge on any atom is 0.198 e. The fourth-order valence-electron chi connectivity index (χ4n) is 0.743. The molecule has 4 heteroatoms. The second-order valence-corrected chi connectivity index (χ2v) is 1.92. The summed E-state index contributed by atoms with van der Waals surface area (Å²) in [6, 6.07) is 1.74. The summed E-state index contributed by atoms with van der Waals surface area (Å²) in [5.41, 5.74) is 1.41. The Bertz CT molecular complexity index is 317. The van der Waals surface area contributed by atoms with Gasteiger partial charge >= 0.3 is 0 Å². The molecule has 2 rings (SSSR count). The molecule has 2 heterocycles. The lowest BCUT2D eigenvalue weighted by molar-refractivity contribution is 0.558. The van der Waals surface area contributed by atoms with Gasteiger partial charge in [-0.15, -0.1) is 0 Å². The van der Waals surface area contributed by atoms with E-state index in [1.54, 1.807) is 12.3 Å². The van der Waals surface area contributed by atoms with Gasteiger partial charge < -0.3 is 4.42 Å². The summed E-state index contributed by atoms with van der Waals surface area (Å²) in [6.45, 7) is 0. The number of oxazole rings is 1. The van der Waals surface area contributed by atoms with Crippen molar-refractivity contribution in [3.63, 3.8) is 0 Å². The predicted octanol–water partition coefficient (Wildman–Crippen LogP) is 0.932. The van der Waals surface area contributed by atoms with Crippen LogP contribution in [0, 0.1) is 6.33 Å². The van der Waals surface area contributed by atoms with E-state index in [0.717, 1.165) is 0 Å². The SMILES string of the molecule is [c]1nccc(-c2cocn2)n1. The van der Waals surface area contributed by atoms with Crippen LogP contribution in [0.2, 0.25) is 0 Å². The molecule has 0 N–H and O–H groups in total. The lowest BCUT2D eigenvalue weighted by Crippen LogP contribution is -1.82. The fraction of sp³-hybridized carbons (Fsp3) is 0. The van der Waals surface area contributed by atoms with Crippen molar-refractivity contribution in [3.05, 3.63) is 31.2 Å². The lowest BCUT2D eigenvalue weighted by atomic mass is 10.3. The zero-order valence-electron chi connectivity index (χ0n) is 5.56. The first kappa shape index (κ1) is 6.03. The van der Waals surface area contributed by atoms with Gasteiger partial charge in [-0.2, -0.15) is 0 Å². The lowest BCUT2D eigenvalue weighted by Gasteiger charge is -1.88. The molecule has 0 bridgehead atoms. The Kier molecular flexibility index (Phi) is 1.37. The van der Waals surface area contributed by atoms with Crippen LogP contribution in [0.4, 0.5) is 0 Å². The van der Waals surface area contributed by atoms with Gasteiger partial charge in [0, 0.05) is 6.20 Å². The van der Waals surface area contributed by atoms with Crippen LogP contribution in [0.25, 0.3) is 11.4 Å². The van der Waals surface area contributed by atoms with Crippen LogP contribution >= 0.6 is 0 Å². The molecule has 0 saturated heterocycles. The standard InChI is InChI=1S/C7H4N3O/c1-2-8-4-9-6(1)7-3-11-5-10-7/h1-3,5H. The average Bonchev–Trinajstić information content (AvgIpc) is 2.58. The van der Waals surface area contributed by atoms with E-state index >= 15 is 0 Å². The smallest absolute Gasteiger partial charge is 0.198 e. The van der Waals surface area contributed by atoms with Crippen LogP contribution in [0.1, 0.15) is 0 Å². The molecule has 2 aromatic heterocycles. The van der Waals surface area contributed by atoms with E-state index in [1.807, 2.05) is 0 Å². The van der Waals surface area contributed by atoms with Crippen LogP contribution in [0.5, 0.6) is 0 Å². The summed E-state index contributed by atoms with van der Waals surface area (Å²) in [5.74, 6) is 0. The maximum absolute atomic E-state index is 4.78. The largest absolute Gasteiger partial charge is 0.451 e. The molecule has 0 spiro atoms. The fourth-order valence-corrected chi connectivity index (χ4v) is 0.743. The summed E-state index contributed by atoms with van der Waals surface area (Å²) < 4.78 is 4.78. The first-order chi connectivity index (χ1) is 5.47. The van der Waals surface area contributed by atoms with Gasteiger partial charge in [0.25, 0.3) is 0 Å². The van der Waals surface area contributed by atoms with Crippen LogP contribution in [-0.2, 0) is 0 Å². The molecule has 4 nitrogen and oxygen atoms in total. The van der Waals surface area contributed by atoms with E-state index in [0.29, 0.717) is 11.4 Å². The summed E-state index contributed by atoms with van der Waals surface area (Å²) >= 11 is 0. The minimum Gasteiger partial charge on any atom is -0.451 e. The van der Waals surface area contributed by atoms with Crippen LogP contribution < -0.4 is 0 Å². The molecule has 1 radical (unpaired) electrons. The van der Waals surface area contributed by atoms with Crippen molar-refractivity contribution in [3.8, 4) is 11.4 Å². The van der Waals surface area contributed by atoms with Gasteiger partial charge in [0.05, 0.1) is 5.69 Å². The highest BCUT2D eigenvalue weighted by Crippen LogP contribution is 2.10. The number of nitrogens with zero attached hydrogens (tertiary/aromatic N) is 3. The summed E-state index contributed by atoms with van der Waals surface area (Å²) in [6.07, 6.45) is 6.96. The molecule has 0 fully saturated rings. The molecule has 11 heavy (non-hydrogen) atoms. The van der Waals surface area contributed by atoms with Gasteiger partial charge in [0.1, 0.15) is 12.0 Å². The minimum atomic E-state index is 0.698. The molecule has 0 aliphatic carbocycles. The van der Waals surface area contributed by atoms with E-state index in [-0.39, 0.29) is 0 Å². The summed E-state index contributed by atoms with van der Waals surface area (Å²) in [7, 11) is 0. The molecular formula is C7H4N3O. The van der Waals surface area contributed by atoms with Crippen LogP contribution in [0.15, 0.2) is 29.3 Å². The summed E-state index contributed by atoms with van der Waals surface area (Å²) in [5, 5.41) is 0. The molecule has 0 unspecified atom stereocenters. The molecule has 0 aliphatic rings.